The number of ether oxygens (including phenoxy) is 2. The number of rotatable bonds is 13. The highest BCUT2D eigenvalue weighted by molar-refractivity contribution is 5.77. The van der Waals surface area contributed by atoms with E-state index >= 15 is 0 Å². The number of pyridine rings is 1. The van der Waals surface area contributed by atoms with Gasteiger partial charge in [-0.25, -0.2) is 14.4 Å². The van der Waals surface area contributed by atoms with Crippen LogP contribution >= 0.6 is 0 Å². The minimum absolute atomic E-state index is 0.0533. The summed E-state index contributed by atoms with van der Waals surface area (Å²) in [5.74, 6) is -0.0892. The van der Waals surface area contributed by atoms with E-state index in [2.05, 4.69) is 23.3 Å². The third-order valence-electron chi connectivity index (χ3n) is 8.00. The lowest BCUT2D eigenvalue weighted by Crippen LogP contribution is -2.34. The number of nitrogens with zero attached hydrogens (tertiary/aromatic N) is 3. The Kier molecular flexibility index (Phi) is 9.51. The molecule has 2 aliphatic rings. The lowest BCUT2D eigenvalue weighted by molar-refractivity contribution is -0.143. The molecule has 1 saturated heterocycles. The second kappa shape index (κ2) is 13.4. The molecule has 2 N–H and O–H groups in total. The number of aromatic nitrogens is 2. The molecule has 4 heterocycles. The highest BCUT2D eigenvalue weighted by Crippen LogP contribution is 2.36. The molecule has 41 heavy (non-hydrogen) atoms. The van der Waals surface area contributed by atoms with Gasteiger partial charge < -0.3 is 24.3 Å². The van der Waals surface area contributed by atoms with Gasteiger partial charge in [0, 0.05) is 43.9 Å². The second-order valence-electron chi connectivity index (χ2n) is 11.0. The van der Waals surface area contributed by atoms with Gasteiger partial charge in [0.15, 0.2) is 18.0 Å². The number of unbranched alkanes of at least 4 members (excludes halogenated alkanes) is 2. The topological polar surface area (TPSA) is 110 Å². The van der Waals surface area contributed by atoms with Crippen molar-refractivity contribution in [3.05, 3.63) is 70.3 Å². The molecule has 0 radical (unpaired) electrons. The van der Waals surface area contributed by atoms with E-state index in [4.69, 9.17) is 18.9 Å². The van der Waals surface area contributed by atoms with Crippen molar-refractivity contribution in [1.82, 2.24) is 14.9 Å². The van der Waals surface area contributed by atoms with Gasteiger partial charge in [-0.05, 0) is 80.3 Å². The van der Waals surface area contributed by atoms with Crippen LogP contribution in [0.25, 0.3) is 0 Å². The van der Waals surface area contributed by atoms with E-state index in [1.165, 1.54) is 30.7 Å². The van der Waals surface area contributed by atoms with Gasteiger partial charge in [-0.15, -0.1) is 0 Å². The number of carboxylic acid groups (broad SMARTS) is 1. The Morgan fingerprint density at radius 3 is 2.95 bits per heavy atom. The van der Waals surface area contributed by atoms with Gasteiger partial charge in [0.1, 0.15) is 17.6 Å². The molecule has 9 nitrogen and oxygen atoms in total. The number of oxazole rings is 1. The van der Waals surface area contributed by atoms with Crippen LogP contribution in [-0.2, 0) is 28.8 Å². The molecule has 10 heteroatoms. The highest BCUT2D eigenvalue weighted by Gasteiger charge is 2.36. The number of hydrogen-bond acceptors (Lipinski definition) is 8. The van der Waals surface area contributed by atoms with Crippen molar-refractivity contribution >= 4 is 11.8 Å². The normalized spacial score (nSPS) is 17.7. The number of hydrogen-bond donors (Lipinski definition) is 2. The Balaban J connectivity index is 1.12. The Morgan fingerprint density at radius 1 is 1.29 bits per heavy atom. The number of benzene rings is 1. The molecule has 1 fully saturated rings. The first-order valence-electron chi connectivity index (χ1n) is 14.5. The molecule has 2 aliphatic heterocycles. The molecule has 2 aromatic heterocycles. The second-order valence-corrected chi connectivity index (χ2v) is 11.0. The van der Waals surface area contributed by atoms with Crippen LogP contribution in [0, 0.1) is 12.7 Å². The van der Waals surface area contributed by atoms with E-state index < -0.39 is 17.8 Å². The van der Waals surface area contributed by atoms with E-state index in [1.807, 2.05) is 4.90 Å². The first-order valence-corrected chi connectivity index (χ1v) is 14.5. The summed E-state index contributed by atoms with van der Waals surface area (Å²) in [6, 6.07) is 4.20. The monoisotopic (exact) mass is 566 g/mol. The van der Waals surface area contributed by atoms with Crippen molar-refractivity contribution in [2.24, 2.45) is 0 Å². The summed E-state index contributed by atoms with van der Waals surface area (Å²) < 4.78 is 31.7. The number of methoxy groups -OCH3 is 1. The standard InChI is InChI=1S/C31H39FN4O5/c1-20-13-22(35-30-25(20)8-6-10-34-30)7-4-3-5-12-40-23-9-11-36(18-23)28(31(37)38)26-15-21(14-24-17-33-19-41-24)16-27(32)29(26)39-2/h13,15-17,19,23,28H,3-12,14,18H2,1-2H3,(H,34,35)(H,37,38)/t23-,28+/m1/s1. The van der Waals surface area contributed by atoms with Crippen LogP contribution in [0.5, 0.6) is 5.75 Å². The van der Waals surface area contributed by atoms with Gasteiger partial charge in [0.2, 0.25) is 0 Å². The zero-order chi connectivity index (χ0) is 28.8. The lowest BCUT2D eigenvalue weighted by atomic mass is 9.99. The number of carbonyl (C=O) groups is 1. The summed E-state index contributed by atoms with van der Waals surface area (Å²) in [4.78, 5) is 23.0. The minimum atomic E-state index is -1.05. The van der Waals surface area contributed by atoms with E-state index in [1.54, 1.807) is 12.3 Å². The molecule has 2 atom stereocenters. The van der Waals surface area contributed by atoms with Crippen molar-refractivity contribution in [1.29, 1.82) is 0 Å². The summed E-state index contributed by atoms with van der Waals surface area (Å²) >= 11 is 0. The summed E-state index contributed by atoms with van der Waals surface area (Å²) in [7, 11) is 1.35. The quantitative estimate of drug-likeness (QED) is 0.273. The predicted octanol–water partition coefficient (Wildman–Crippen LogP) is 5.10. The molecule has 0 saturated carbocycles. The summed E-state index contributed by atoms with van der Waals surface area (Å²) in [6.45, 7) is 4.79. The average Bonchev–Trinajstić information content (AvgIpc) is 3.63. The molecule has 5 rings (SSSR count). The van der Waals surface area contributed by atoms with Crippen molar-refractivity contribution < 1.29 is 28.2 Å². The molecule has 1 aromatic carbocycles. The van der Waals surface area contributed by atoms with Crippen LogP contribution in [0.4, 0.5) is 10.2 Å². The average molecular weight is 567 g/mol. The first kappa shape index (κ1) is 29.0. The van der Waals surface area contributed by atoms with Crippen LogP contribution in [0.2, 0.25) is 0 Å². The Morgan fingerprint density at radius 2 is 2.17 bits per heavy atom. The maximum absolute atomic E-state index is 15.0. The number of carboxylic acids is 1. The molecular formula is C31H39FN4O5. The van der Waals surface area contributed by atoms with E-state index in [9.17, 15) is 14.3 Å². The summed E-state index contributed by atoms with van der Waals surface area (Å²) in [5, 5.41) is 13.6. The van der Waals surface area contributed by atoms with Crippen molar-refractivity contribution in [2.75, 3.05) is 38.7 Å². The van der Waals surface area contributed by atoms with E-state index in [-0.39, 0.29) is 17.4 Å². The van der Waals surface area contributed by atoms with Crippen molar-refractivity contribution in [3.63, 3.8) is 0 Å². The van der Waals surface area contributed by atoms with Crippen LogP contribution in [-0.4, -0.2) is 65.4 Å². The van der Waals surface area contributed by atoms with Crippen LogP contribution < -0.4 is 10.1 Å². The van der Waals surface area contributed by atoms with Gasteiger partial charge in [0.25, 0.3) is 0 Å². The predicted molar refractivity (Wildman–Crippen MR) is 152 cm³/mol. The zero-order valence-electron chi connectivity index (χ0n) is 23.8. The number of halogens is 1. The largest absolute Gasteiger partial charge is 0.493 e. The smallest absolute Gasteiger partial charge is 0.325 e. The van der Waals surface area contributed by atoms with Gasteiger partial charge in [-0.1, -0.05) is 6.42 Å². The van der Waals surface area contributed by atoms with Crippen LogP contribution in [0.3, 0.4) is 0 Å². The molecule has 220 valence electrons. The van der Waals surface area contributed by atoms with Gasteiger partial charge in [0.05, 0.1) is 19.4 Å². The molecule has 0 amide bonds. The third kappa shape index (κ3) is 7.05. The Labute approximate surface area is 240 Å². The summed E-state index contributed by atoms with van der Waals surface area (Å²) in [5.41, 5.74) is 4.70. The fraction of sp³-hybridized carbons (Fsp3) is 0.516. The number of anilines is 1. The number of likely N-dealkylation sites (tertiary alicyclic amines) is 1. The fourth-order valence-corrected chi connectivity index (χ4v) is 6.00. The zero-order valence-corrected chi connectivity index (χ0v) is 23.8. The van der Waals surface area contributed by atoms with Crippen LogP contribution in [0.15, 0.2) is 35.2 Å². The minimum Gasteiger partial charge on any atom is -0.493 e. The van der Waals surface area contributed by atoms with Gasteiger partial charge in [-0.2, -0.15) is 0 Å². The molecule has 3 aromatic rings. The maximum atomic E-state index is 15.0. The number of nitrogens with one attached hydrogen (secondary N) is 1. The fourth-order valence-electron chi connectivity index (χ4n) is 6.00. The van der Waals surface area contributed by atoms with Gasteiger partial charge in [-0.3, -0.25) is 9.69 Å². The van der Waals surface area contributed by atoms with Crippen molar-refractivity contribution in [2.45, 2.75) is 70.4 Å². The SMILES string of the molecule is COc1c(F)cc(Cc2cnco2)cc1[C@@H](C(=O)O)N1CC[C@@H](OCCCCCc2cc(C)c3c(n2)NCCC3)C1. The summed E-state index contributed by atoms with van der Waals surface area (Å²) in [6.07, 6.45) is 10.0. The van der Waals surface area contributed by atoms with Gasteiger partial charge >= 0.3 is 5.97 Å². The lowest BCUT2D eigenvalue weighted by Gasteiger charge is -2.26. The van der Waals surface area contributed by atoms with Crippen molar-refractivity contribution in [3.8, 4) is 5.75 Å². The molecule has 0 aliphatic carbocycles. The number of aliphatic carboxylic acids is 1. The third-order valence-corrected chi connectivity index (χ3v) is 8.00. The first-order chi connectivity index (χ1) is 19.9. The molecule has 0 unspecified atom stereocenters. The molecule has 0 bridgehead atoms. The Hall–Kier alpha value is -3.50. The van der Waals surface area contributed by atoms with E-state index in [0.29, 0.717) is 37.4 Å². The Bertz CT molecular complexity index is 1330. The van der Waals surface area contributed by atoms with Crippen LogP contribution in [0.1, 0.15) is 71.9 Å². The number of aryl methyl sites for hydroxylation is 2. The van der Waals surface area contributed by atoms with E-state index in [0.717, 1.165) is 63.0 Å². The number of fused-ring (bicyclic) bond motifs is 1. The molecule has 0 spiro atoms. The molecular weight excluding hydrogens is 527 g/mol. The maximum Gasteiger partial charge on any atom is 0.325 e. The highest BCUT2D eigenvalue weighted by atomic mass is 19.1.